The molecule has 2 aliphatic rings. The van der Waals surface area contributed by atoms with Gasteiger partial charge in [-0.1, -0.05) is 12.8 Å². The molecule has 1 aliphatic heterocycles. The van der Waals surface area contributed by atoms with Gasteiger partial charge in [0.2, 0.25) is 11.8 Å². The second kappa shape index (κ2) is 9.19. The van der Waals surface area contributed by atoms with Gasteiger partial charge in [0.25, 0.3) is 5.91 Å². The first kappa shape index (κ1) is 21.7. The molecule has 3 atom stereocenters. The van der Waals surface area contributed by atoms with Gasteiger partial charge in [-0.3, -0.25) is 28.9 Å². The molecular formula is C22H26N2O6. The van der Waals surface area contributed by atoms with Gasteiger partial charge < -0.3 is 10.1 Å². The van der Waals surface area contributed by atoms with Gasteiger partial charge in [0.15, 0.2) is 11.9 Å². The number of nitrogens with zero attached hydrogens (tertiary/aromatic N) is 1. The van der Waals surface area contributed by atoms with Crippen molar-refractivity contribution in [1.82, 2.24) is 4.90 Å². The third-order valence-electron chi connectivity index (χ3n) is 5.71. The molecule has 3 amide bonds. The van der Waals surface area contributed by atoms with Crippen molar-refractivity contribution in [2.45, 2.75) is 52.1 Å². The monoisotopic (exact) mass is 414 g/mol. The van der Waals surface area contributed by atoms with Gasteiger partial charge in [0, 0.05) is 17.8 Å². The van der Waals surface area contributed by atoms with E-state index in [0.29, 0.717) is 11.3 Å². The van der Waals surface area contributed by atoms with E-state index in [1.54, 1.807) is 24.3 Å². The number of amides is 3. The number of benzene rings is 1. The molecule has 1 heterocycles. The molecule has 1 aliphatic carbocycles. The first-order valence-corrected chi connectivity index (χ1v) is 10.2. The fraction of sp³-hybridized carbons (Fsp3) is 0.500. The van der Waals surface area contributed by atoms with Gasteiger partial charge in [0.1, 0.15) is 0 Å². The zero-order chi connectivity index (χ0) is 21.8. The number of imide groups is 1. The van der Waals surface area contributed by atoms with Crippen LogP contribution in [0.15, 0.2) is 24.3 Å². The van der Waals surface area contributed by atoms with Crippen molar-refractivity contribution in [1.29, 1.82) is 0 Å². The molecule has 0 aromatic heterocycles. The molecule has 0 bridgehead atoms. The molecule has 1 aromatic carbocycles. The maximum atomic E-state index is 12.4. The summed E-state index contributed by atoms with van der Waals surface area (Å²) in [6.45, 7) is 2.87. The lowest BCUT2D eigenvalue weighted by atomic mass is 9.81. The van der Waals surface area contributed by atoms with Crippen LogP contribution >= 0.6 is 0 Å². The van der Waals surface area contributed by atoms with Crippen LogP contribution < -0.4 is 5.32 Å². The number of likely N-dealkylation sites (tertiary alicyclic amines) is 1. The molecule has 1 aromatic rings. The van der Waals surface area contributed by atoms with E-state index in [4.69, 9.17) is 4.74 Å². The van der Waals surface area contributed by atoms with Gasteiger partial charge >= 0.3 is 5.97 Å². The lowest BCUT2D eigenvalue weighted by Crippen LogP contribution is -2.35. The Kier molecular flexibility index (Phi) is 6.64. The number of carbonyl (C=O) groups is 5. The van der Waals surface area contributed by atoms with E-state index in [-0.39, 0.29) is 42.4 Å². The average Bonchev–Trinajstić information content (AvgIpc) is 2.97. The van der Waals surface area contributed by atoms with E-state index in [1.807, 2.05) is 0 Å². The average molecular weight is 414 g/mol. The summed E-state index contributed by atoms with van der Waals surface area (Å²) in [7, 11) is 0. The molecule has 8 heteroatoms. The first-order chi connectivity index (χ1) is 14.3. The Bertz CT molecular complexity index is 839. The molecule has 1 saturated carbocycles. The number of fused-ring (bicyclic) bond motifs is 1. The highest BCUT2D eigenvalue weighted by Crippen LogP contribution is 2.37. The van der Waals surface area contributed by atoms with E-state index in [0.717, 1.165) is 25.7 Å². The van der Waals surface area contributed by atoms with Crippen LogP contribution in [0.4, 0.5) is 5.69 Å². The first-order valence-electron chi connectivity index (χ1n) is 10.2. The minimum atomic E-state index is -1.04. The molecule has 2 fully saturated rings. The number of nitrogens with one attached hydrogen (secondary N) is 1. The normalized spacial score (nSPS) is 21.7. The Labute approximate surface area is 174 Å². The summed E-state index contributed by atoms with van der Waals surface area (Å²) < 4.78 is 5.14. The van der Waals surface area contributed by atoms with Crippen LogP contribution in [-0.4, -0.2) is 47.0 Å². The third-order valence-corrected chi connectivity index (χ3v) is 5.71. The lowest BCUT2D eigenvalue weighted by molar-refractivity contribution is -0.154. The van der Waals surface area contributed by atoms with Crippen LogP contribution in [0.1, 0.15) is 56.3 Å². The third kappa shape index (κ3) is 4.75. The number of esters is 1. The molecule has 1 saturated heterocycles. The summed E-state index contributed by atoms with van der Waals surface area (Å²) >= 11 is 0. The maximum absolute atomic E-state index is 12.4. The summed E-state index contributed by atoms with van der Waals surface area (Å²) in [5, 5.41) is 2.61. The zero-order valence-corrected chi connectivity index (χ0v) is 17.2. The SMILES string of the molecule is CC(=O)c1ccc(NC(=O)[C@H](C)OC(=O)CCN2C(=O)[C@H]3CCCC[C@H]3C2=O)cc1. The number of carbonyl (C=O) groups excluding carboxylic acids is 5. The quantitative estimate of drug-likeness (QED) is 0.417. The molecule has 1 N–H and O–H groups in total. The Morgan fingerprint density at radius 1 is 1.07 bits per heavy atom. The Balaban J connectivity index is 1.47. The summed E-state index contributed by atoms with van der Waals surface area (Å²) in [5.41, 5.74) is 1.00. The van der Waals surface area contributed by atoms with Crippen LogP contribution in [-0.2, 0) is 23.9 Å². The molecular weight excluding hydrogens is 388 g/mol. The highest BCUT2D eigenvalue weighted by molar-refractivity contribution is 6.05. The Morgan fingerprint density at radius 2 is 1.63 bits per heavy atom. The Hall–Kier alpha value is -3.03. The van der Waals surface area contributed by atoms with Crippen molar-refractivity contribution in [3.8, 4) is 0 Å². The van der Waals surface area contributed by atoms with E-state index in [1.165, 1.54) is 18.7 Å². The number of ketones is 1. The predicted molar refractivity (Wildman–Crippen MR) is 107 cm³/mol. The number of anilines is 1. The molecule has 30 heavy (non-hydrogen) atoms. The Morgan fingerprint density at radius 3 is 2.17 bits per heavy atom. The molecule has 0 radical (unpaired) electrons. The molecule has 0 unspecified atom stereocenters. The van der Waals surface area contributed by atoms with Gasteiger partial charge in [-0.05, 0) is 51.0 Å². The number of ether oxygens (including phenoxy) is 1. The highest BCUT2D eigenvalue weighted by Gasteiger charge is 2.47. The molecule has 160 valence electrons. The topological polar surface area (TPSA) is 110 Å². The second-order valence-corrected chi connectivity index (χ2v) is 7.83. The minimum absolute atomic E-state index is 0.0235. The van der Waals surface area contributed by atoms with Crippen molar-refractivity contribution < 1.29 is 28.7 Å². The van der Waals surface area contributed by atoms with Crippen LogP contribution in [0, 0.1) is 11.8 Å². The van der Waals surface area contributed by atoms with Crippen LogP contribution in [0.5, 0.6) is 0 Å². The van der Waals surface area contributed by atoms with Crippen LogP contribution in [0.25, 0.3) is 0 Å². The summed E-state index contributed by atoms with van der Waals surface area (Å²) in [5.74, 6) is -2.14. The van der Waals surface area contributed by atoms with Gasteiger partial charge in [0.05, 0.1) is 18.3 Å². The highest BCUT2D eigenvalue weighted by atomic mass is 16.5. The van der Waals surface area contributed by atoms with E-state index >= 15 is 0 Å². The van der Waals surface area contributed by atoms with Gasteiger partial charge in [-0.15, -0.1) is 0 Å². The van der Waals surface area contributed by atoms with Crippen molar-refractivity contribution in [2.75, 3.05) is 11.9 Å². The summed E-state index contributed by atoms with van der Waals surface area (Å²) in [6.07, 6.45) is 2.14. The smallest absolute Gasteiger partial charge is 0.308 e. The number of rotatable bonds is 7. The van der Waals surface area contributed by atoms with Crippen molar-refractivity contribution in [2.24, 2.45) is 11.8 Å². The van der Waals surface area contributed by atoms with Crippen molar-refractivity contribution >= 4 is 35.2 Å². The van der Waals surface area contributed by atoms with Gasteiger partial charge in [-0.2, -0.15) is 0 Å². The predicted octanol–water partition coefficient (Wildman–Crippen LogP) is 2.32. The largest absolute Gasteiger partial charge is 0.452 e. The number of hydrogen-bond donors (Lipinski definition) is 1. The van der Waals surface area contributed by atoms with Crippen molar-refractivity contribution in [3.05, 3.63) is 29.8 Å². The summed E-state index contributed by atoms with van der Waals surface area (Å²) in [4.78, 5) is 61.7. The van der Waals surface area contributed by atoms with Crippen LogP contribution in [0.2, 0.25) is 0 Å². The standard InChI is InChI=1S/C22H26N2O6/c1-13(25)15-7-9-16(10-8-15)23-20(27)14(2)30-19(26)11-12-24-21(28)17-5-3-4-6-18(17)22(24)29/h7-10,14,17-18H,3-6,11-12H2,1-2H3,(H,23,27)/t14-,17-,18+/m0/s1. The lowest BCUT2D eigenvalue weighted by Gasteiger charge is -2.19. The number of Topliss-reactive ketones (excluding diaryl/α,β-unsaturated/α-hetero) is 1. The molecule has 0 spiro atoms. The van der Waals surface area contributed by atoms with Crippen molar-refractivity contribution in [3.63, 3.8) is 0 Å². The molecule has 8 nitrogen and oxygen atoms in total. The fourth-order valence-electron chi connectivity index (χ4n) is 4.00. The number of hydrogen-bond acceptors (Lipinski definition) is 6. The minimum Gasteiger partial charge on any atom is -0.452 e. The van der Waals surface area contributed by atoms with E-state index in [9.17, 15) is 24.0 Å². The molecule has 3 rings (SSSR count). The maximum Gasteiger partial charge on any atom is 0.308 e. The van der Waals surface area contributed by atoms with Crippen LogP contribution in [0.3, 0.4) is 0 Å². The fourth-order valence-corrected chi connectivity index (χ4v) is 4.00. The van der Waals surface area contributed by atoms with E-state index in [2.05, 4.69) is 5.32 Å². The second-order valence-electron chi connectivity index (χ2n) is 7.83. The van der Waals surface area contributed by atoms with E-state index < -0.39 is 18.0 Å². The zero-order valence-electron chi connectivity index (χ0n) is 17.2. The summed E-state index contributed by atoms with van der Waals surface area (Å²) in [6, 6.07) is 6.37. The van der Waals surface area contributed by atoms with Gasteiger partial charge in [-0.25, -0.2) is 0 Å².